The Balaban J connectivity index is 1.41. The Morgan fingerprint density at radius 3 is 2.02 bits per heavy atom. The fourth-order valence-electron chi connectivity index (χ4n) is 7.09. The van der Waals surface area contributed by atoms with Gasteiger partial charge in [0.05, 0.1) is 21.3 Å². The first-order valence-corrected chi connectivity index (χ1v) is 15.5. The number of ether oxygens (including phenoxy) is 5. The lowest BCUT2D eigenvalue weighted by Crippen LogP contribution is -2.33. The summed E-state index contributed by atoms with van der Waals surface area (Å²) in [6.07, 6.45) is 3.26. The average molecular weight is 609 g/mol. The Morgan fingerprint density at radius 1 is 0.667 bits per heavy atom. The number of hydrogen-bond donors (Lipinski definition) is 1. The molecule has 6 heterocycles. The van der Waals surface area contributed by atoms with E-state index in [4.69, 9.17) is 23.7 Å². The number of nitrogens with zero attached hydrogens (tertiary/aromatic N) is 2. The molecule has 0 amide bonds. The van der Waals surface area contributed by atoms with E-state index in [9.17, 15) is 5.11 Å². The molecule has 0 radical (unpaired) electrons. The second kappa shape index (κ2) is 11.8. The summed E-state index contributed by atoms with van der Waals surface area (Å²) in [4.78, 5) is 4.72. The van der Waals surface area contributed by atoms with Gasteiger partial charge in [0.15, 0.2) is 34.5 Å². The molecule has 6 aliphatic rings. The molecule has 0 aromatic heterocycles. The van der Waals surface area contributed by atoms with Crippen molar-refractivity contribution in [1.29, 1.82) is 0 Å². The standard InChI is InChI=1S/C37H40N2O6/c1-38-14-12-24-19-32(42-4)33-21-27(24)28(38)16-22-6-9-26(10-7-22)44-37-35-25(20-34(43-5)36(37)40)13-15-39(2)29(35)17-23-8-11-30(45-33)31(18-23)41-3/h6-11,18-21,28-29,40H,12-17H2,1-5H3. The van der Waals surface area contributed by atoms with E-state index in [1.807, 2.05) is 30.3 Å². The molecular formula is C37H40N2O6. The third kappa shape index (κ3) is 5.32. The number of hydrogen-bond acceptors (Lipinski definition) is 8. The van der Waals surface area contributed by atoms with Crippen LogP contribution in [0.2, 0.25) is 0 Å². The van der Waals surface area contributed by atoms with Crippen LogP contribution in [0.4, 0.5) is 0 Å². The summed E-state index contributed by atoms with van der Waals surface area (Å²) in [5, 5.41) is 11.4. The van der Waals surface area contributed by atoms with E-state index >= 15 is 0 Å². The van der Waals surface area contributed by atoms with Crippen molar-refractivity contribution in [1.82, 2.24) is 9.80 Å². The minimum Gasteiger partial charge on any atom is -0.502 e. The molecule has 0 saturated heterocycles. The van der Waals surface area contributed by atoms with Crippen molar-refractivity contribution in [3.63, 3.8) is 0 Å². The predicted molar refractivity (Wildman–Crippen MR) is 173 cm³/mol. The summed E-state index contributed by atoms with van der Waals surface area (Å²) in [7, 11) is 9.22. The molecule has 8 nitrogen and oxygen atoms in total. The zero-order valence-corrected chi connectivity index (χ0v) is 26.6. The normalized spacial score (nSPS) is 19.4. The van der Waals surface area contributed by atoms with Gasteiger partial charge in [-0.2, -0.15) is 0 Å². The molecule has 0 aliphatic carbocycles. The molecule has 234 valence electrons. The van der Waals surface area contributed by atoms with Crippen LogP contribution in [0.1, 0.15) is 45.5 Å². The van der Waals surface area contributed by atoms with E-state index in [2.05, 4.69) is 54.2 Å². The lowest BCUT2D eigenvalue weighted by Gasteiger charge is -2.36. The smallest absolute Gasteiger partial charge is 0.201 e. The molecule has 0 spiro atoms. The van der Waals surface area contributed by atoms with E-state index in [1.165, 1.54) is 16.7 Å². The summed E-state index contributed by atoms with van der Waals surface area (Å²) < 4.78 is 30.4. The second-order valence-corrected chi connectivity index (χ2v) is 12.3. The molecule has 2 unspecified atom stereocenters. The van der Waals surface area contributed by atoms with Gasteiger partial charge in [0.25, 0.3) is 0 Å². The van der Waals surface area contributed by atoms with Crippen molar-refractivity contribution in [3.8, 4) is 46.0 Å². The van der Waals surface area contributed by atoms with Crippen LogP contribution >= 0.6 is 0 Å². The molecule has 4 aromatic carbocycles. The predicted octanol–water partition coefficient (Wildman–Crippen LogP) is 6.86. The Bertz CT molecular complexity index is 1740. The Hall–Kier alpha value is -4.40. The van der Waals surface area contributed by atoms with Crippen molar-refractivity contribution < 1.29 is 28.8 Å². The number of phenols is 1. The van der Waals surface area contributed by atoms with Crippen molar-refractivity contribution in [2.75, 3.05) is 48.5 Å². The third-order valence-electron chi connectivity index (χ3n) is 9.66. The maximum Gasteiger partial charge on any atom is 0.201 e. The number of benzene rings is 4. The Kier molecular flexibility index (Phi) is 7.71. The van der Waals surface area contributed by atoms with E-state index in [-0.39, 0.29) is 17.8 Å². The first-order chi connectivity index (χ1) is 21.9. The minimum absolute atomic E-state index is 0.0115. The van der Waals surface area contributed by atoms with Crippen molar-refractivity contribution in [3.05, 3.63) is 94.0 Å². The van der Waals surface area contributed by atoms with Gasteiger partial charge in [-0.3, -0.25) is 9.80 Å². The number of likely N-dealkylation sites (N-methyl/N-ethyl adjacent to an activating group) is 2. The summed E-state index contributed by atoms with van der Waals surface area (Å²) in [5.74, 6) is 4.17. The molecule has 8 heteroatoms. The van der Waals surface area contributed by atoms with Crippen molar-refractivity contribution >= 4 is 0 Å². The number of phenolic OH excluding ortho intramolecular Hbond substituents is 1. The van der Waals surface area contributed by atoms with Gasteiger partial charge < -0.3 is 28.8 Å². The number of rotatable bonds is 3. The van der Waals surface area contributed by atoms with Gasteiger partial charge in [-0.1, -0.05) is 18.2 Å². The Morgan fingerprint density at radius 2 is 1.29 bits per heavy atom. The van der Waals surface area contributed by atoms with Gasteiger partial charge in [-0.05, 0) is 110 Å². The largest absolute Gasteiger partial charge is 0.502 e. The topological polar surface area (TPSA) is 72.9 Å². The van der Waals surface area contributed by atoms with E-state index in [0.29, 0.717) is 46.7 Å². The average Bonchev–Trinajstić information content (AvgIpc) is 3.05. The van der Waals surface area contributed by atoms with Crippen LogP contribution in [-0.4, -0.2) is 63.4 Å². The summed E-state index contributed by atoms with van der Waals surface area (Å²) in [5.41, 5.74) is 6.85. The summed E-state index contributed by atoms with van der Waals surface area (Å²) in [6.45, 7) is 1.82. The Labute approximate surface area is 264 Å². The van der Waals surface area contributed by atoms with Crippen LogP contribution < -0.4 is 23.7 Å². The molecule has 4 aromatic rings. The third-order valence-corrected chi connectivity index (χ3v) is 9.66. The zero-order chi connectivity index (χ0) is 31.2. The highest BCUT2D eigenvalue weighted by Gasteiger charge is 2.33. The molecule has 45 heavy (non-hydrogen) atoms. The van der Waals surface area contributed by atoms with Gasteiger partial charge >= 0.3 is 0 Å². The quantitative estimate of drug-likeness (QED) is 0.271. The highest BCUT2D eigenvalue weighted by molar-refractivity contribution is 5.62. The number of aromatic hydroxyl groups is 1. The molecule has 0 fully saturated rings. The fourth-order valence-corrected chi connectivity index (χ4v) is 7.09. The van der Waals surface area contributed by atoms with E-state index in [0.717, 1.165) is 49.0 Å². The molecule has 0 saturated carbocycles. The van der Waals surface area contributed by atoms with Crippen molar-refractivity contribution in [2.45, 2.75) is 37.8 Å². The van der Waals surface area contributed by atoms with Crippen LogP contribution in [0.15, 0.2) is 60.7 Å². The monoisotopic (exact) mass is 608 g/mol. The zero-order valence-electron chi connectivity index (χ0n) is 26.6. The van der Waals surface area contributed by atoms with E-state index in [1.54, 1.807) is 21.3 Å². The number of methoxy groups -OCH3 is 3. The first kappa shape index (κ1) is 29.3. The highest BCUT2D eigenvalue weighted by Crippen LogP contribution is 2.50. The van der Waals surface area contributed by atoms with Gasteiger partial charge in [0.1, 0.15) is 5.75 Å². The molecule has 10 rings (SSSR count). The van der Waals surface area contributed by atoms with Gasteiger partial charge in [-0.25, -0.2) is 0 Å². The van der Waals surface area contributed by atoms with Crippen molar-refractivity contribution in [2.24, 2.45) is 0 Å². The molecule has 6 bridgehead atoms. The maximum atomic E-state index is 11.4. The van der Waals surface area contributed by atoms with Gasteiger partial charge in [0, 0.05) is 30.7 Å². The fraction of sp³-hybridized carbons (Fsp3) is 0.351. The van der Waals surface area contributed by atoms with Crippen LogP contribution in [0.5, 0.6) is 46.0 Å². The van der Waals surface area contributed by atoms with Crippen LogP contribution in [0, 0.1) is 0 Å². The van der Waals surface area contributed by atoms with Gasteiger partial charge in [0.2, 0.25) is 5.75 Å². The molecule has 1 N–H and O–H groups in total. The summed E-state index contributed by atoms with van der Waals surface area (Å²) in [6, 6.07) is 20.6. The van der Waals surface area contributed by atoms with E-state index < -0.39 is 0 Å². The molecular weight excluding hydrogens is 568 g/mol. The maximum absolute atomic E-state index is 11.4. The summed E-state index contributed by atoms with van der Waals surface area (Å²) >= 11 is 0. The van der Waals surface area contributed by atoms with Crippen LogP contribution in [0.3, 0.4) is 0 Å². The SMILES string of the molecule is COc1cc2ccc1Oc1cc3c(cc1OC)CCN(C)C3Cc1ccc(cc1)Oc1c(O)c(OC)cc3c1C(C2)N(C)CC3. The second-order valence-electron chi connectivity index (χ2n) is 12.3. The first-order valence-electron chi connectivity index (χ1n) is 15.5. The van der Waals surface area contributed by atoms with Gasteiger partial charge in [-0.15, -0.1) is 0 Å². The lowest BCUT2D eigenvalue weighted by atomic mass is 9.87. The van der Waals surface area contributed by atoms with Crippen LogP contribution in [-0.2, 0) is 25.7 Å². The molecule has 2 atom stereocenters. The highest BCUT2D eigenvalue weighted by atomic mass is 16.5. The van der Waals surface area contributed by atoms with Crippen LogP contribution in [0.25, 0.3) is 0 Å². The molecule has 6 aliphatic heterocycles. The minimum atomic E-state index is -0.0495. The lowest BCUT2D eigenvalue weighted by molar-refractivity contribution is 0.222.